The molecule has 0 spiro atoms. The highest BCUT2D eigenvalue weighted by Gasteiger charge is 2.01. The number of hydrogen-bond donors (Lipinski definition) is 3. The highest BCUT2D eigenvalue weighted by molar-refractivity contribution is 5.66. The lowest BCUT2D eigenvalue weighted by Gasteiger charge is -2.02. The molecule has 0 saturated heterocycles. The van der Waals surface area contributed by atoms with E-state index in [0.717, 1.165) is 38.5 Å². The Bertz CT molecular complexity index is 408. The number of carboxylic acid groups (broad SMARTS) is 1. The average Bonchev–Trinajstić information content (AvgIpc) is 2.55. The molecule has 4 heteroatoms. The van der Waals surface area contributed by atoms with Crippen molar-refractivity contribution >= 4 is 5.97 Å². The molecule has 0 aliphatic rings. The first-order valence-corrected chi connectivity index (χ1v) is 8.81. The van der Waals surface area contributed by atoms with Gasteiger partial charge in [-0.25, -0.2) is 0 Å². The molecule has 1 atom stereocenters. The number of rotatable bonds is 15. The van der Waals surface area contributed by atoms with Gasteiger partial charge in [0.25, 0.3) is 0 Å². The fourth-order valence-corrected chi connectivity index (χ4v) is 2.02. The Kier molecular flexibility index (Phi) is 16.5. The number of carbonyl (C=O) groups is 1. The zero-order valence-electron chi connectivity index (χ0n) is 14.5. The fraction of sp³-hybridized carbons (Fsp3) is 0.550. The zero-order valence-corrected chi connectivity index (χ0v) is 14.5. The van der Waals surface area contributed by atoms with Gasteiger partial charge in [-0.1, -0.05) is 55.0 Å². The summed E-state index contributed by atoms with van der Waals surface area (Å²) < 4.78 is 0. The molecule has 136 valence electrons. The van der Waals surface area contributed by atoms with E-state index in [0.29, 0.717) is 19.4 Å². The van der Waals surface area contributed by atoms with Crippen LogP contribution < -0.4 is 0 Å². The molecular formula is C20H32O4. The predicted octanol–water partition coefficient (Wildman–Crippen LogP) is 4.16. The van der Waals surface area contributed by atoms with Crippen LogP contribution in [0.2, 0.25) is 0 Å². The van der Waals surface area contributed by atoms with Gasteiger partial charge in [0, 0.05) is 13.0 Å². The molecule has 0 aliphatic heterocycles. The smallest absolute Gasteiger partial charge is 0.303 e. The number of aliphatic hydroxyl groups excluding tert-OH is 2. The van der Waals surface area contributed by atoms with Crippen LogP contribution in [0.3, 0.4) is 0 Å². The van der Waals surface area contributed by atoms with Crippen molar-refractivity contribution in [3.63, 3.8) is 0 Å². The monoisotopic (exact) mass is 336 g/mol. The van der Waals surface area contributed by atoms with Crippen LogP contribution in [0.25, 0.3) is 0 Å². The number of unbranched alkanes of at least 4 members (excludes halogenated alkanes) is 3. The maximum Gasteiger partial charge on any atom is 0.303 e. The lowest BCUT2D eigenvalue weighted by molar-refractivity contribution is -0.137. The summed E-state index contributed by atoms with van der Waals surface area (Å²) in [4.78, 5) is 10.3. The summed E-state index contributed by atoms with van der Waals surface area (Å²) >= 11 is 0. The van der Waals surface area contributed by atoms with Gasteiger partial charge in [-0.05, 0) is 44.9 Å². The molecule has 0 saturated carbocycles. The van der Waals surface area contributed by atoms with Gasteiger partial charge >= 0.3 is 5.97 Å². The minimum atomic E-state index is -0.825. The molecule has 0 aromatic heterocycles. The Morgan fingerprint density at radius 1 is 0.875 bits per heavy atom. The van der Waals surface area contributed by atoms with E-state index in [1.807, 2.05) is 12.2 Å². The maximum atomic E-state index is 10.3. The van der Waals surface area contributed by atoms with Crippen molar-refractivity contribution in [1.82, 2.24) is 0 Å². The Hall–Kier alpha value is -1.65. The predicted molar refractivity (Wildman–Crippen MR) is 98.8 cm³/mol. The second kappa shape index (κ2) is 17.7. The van der Waals surface area contributed by atoms with Crippen LogP contribution in [0.5, 0.6) is 0 Å². The lowest BCUT2D eigenvalue weighted by atomic mass is 10.1. The van der Waals surface area contributed by atoms with E-state index < -0.39 is 12.1 Å². The minimum Gasteiger partial charge on any atom is -0.481 e. The molecule has 1 unspecified atom stereocenters. The van der Waals surface area contributed by atoms with Gasteiger partial charge in [0.15, 0.2) is 0 Å². The molecule has 0 aliphatic carbocycles. The summed E-state index contributed by atoms with van der Waals surface area (Å²) in [6.07, 6.45) is 22.4. The molecule has 0 aromatic rings. The van der Waals surface area contributed by atoms with Crippen LogP contribution in [0.15, 0.2) is 48.6 Å². The first-order valence-electron chi connectivity index (χ1n) is 8.81. The molecule has 0 amide bonds. The van der Waals surface area contributed by atoms with Crippen LogP contribution >= 0.6 is 0 Å². The molecule has 0 bridgehead atoms. The largest absolute Gasteiger partial charge is 0.481 e. The quantitative estimate of drug-likeness (QED) is 0.238. The first kappa shape index (κ1) is 22.4. The van der Waals surface area contributed by atoms with Crippen molar-refractivity contribution in [1.29, 1.82) is 0 Å². The van der Waals surface area contributed by atoms with Crippen molar-refractivity contribution in [2.45, 2.75) is 63.9 Å². The van der Waals surface area contributed by atoms with E-state index in [4.69, 9.17) is 10.2 Å². The van der Waals surface area contributed by atoms with Crippen molar-refractivity contribution in [2.24, 2.45) is 0 Å². The molecule has 0 rings (SSSR count). The van der Waals surface area contributed by atoms with E-state index in [9.17, 15) is 9.90 Å². The topological polar surface area (TPSA) is 77.8 Å². The molecular weight excluding hydrogens is 304 g/mol. The summed E-state index contributed by atoms with van der Waals surface area (Å²) in [5.74, 6) is -0.825. The van der Waals surface area contributed by atoms with Crippen LogP contribution in [-0.2, 0) is 4.79 Å². The number of carboxylic acids is 1. The first-order chi connectivity index (χ1) is 11.7. The normalized spacial score (nSPS) is 13.8. The van der Waals surface area contributed by atoms with Crippen molar-refractivity contribution < 1.29 is 20.1 Å². The van der Waals surface area contributed by atoms with Crippen LogP contribution in [-0.4, -0.2) is 34.0 Å². The van der Waals surface area contributed by atoms with Crippen molar-refractivity contribution in [3.8, 4) is 0 Å². The third kappa shape index (κ3) is 18.4. The Morgan fingerprint density at radius 3 is 2.29 bits per heavy atom. The zero-order chi connectivity index (χ0) is 17.9. The van der Waals surface area contributed by atoms with Crippen LogP contribution in [0.4, 0.5) is 0 Å². The number of aliphatic hydroxyl groups is 2. The summed E-state index contributed by atoms with van der Waals surface area (Å²) in [7, 11) is 0. The third-order valence-corrected chi connectivity index (χ3v) is 3.38. The highest BCUT2D eigenvalue weighted by Crippen LogP contribution is 2.03. The molecule has 0 fully saturated rings. The van der Waals surface area contributed by atoms with Crippen molar-refractivity contribution in [2.75, 3.05) is 6.61 Å². The Balaban J connectivity index is 3.57. The second-order valence-corrected chi connectivity index (χ2v) is 5.65. The van der Waals surface area contributed by atoms with Gasteiger partial charge in [0.1, 0.15) is 0 Å². The van der Waals surface area contributed by atoms with Gasteiger partial charge in [-0.15, -0.1) is 0 Å². The summed E-state index contributed by atoms with van der Waals surface area (Å²) in [5, 5.41) is 26.8. The standard InChI is InChI=1S/C20H32O4/c21-18-13-11-9-7-5-3-1-2-4-6-8-10-12-15-19(22)16-14-17-20(23)24/h2-5,8,10,12,15,19,21-22H,1,6-7,9,11,13-14,16-18H2,(H,23,24)/b4-2+,5-3+,10-8+,15-12+. The van der Waals surface area contributed by atoms with Gasteiger partial charge in [0.05, 0.1) is 6.10 Å². The van der Waals surface area contributed by atoms with E-state index in [-0.39, 0.29) is 6.42 Å². The van der Waals surface area contributed by atoms with E-state index in [2.05, 4.69) is 24.3 Å². The third-order valence-electron chi connectivity index (χ3n) is 3.38. The fourth-order valence-electron chi connectivity index (χ4n) is 2.02. The Morgan fingerprint density at radius 2 is 1.58 bits per heavy atom. The SMILES string of the molecule is O=C(O)CCCC(O)/C=C/C=C/C/C=C/C/C=C/CCCCCO. The second-order valence-electron chi connectivity index (χ2n) is 5.65. The summed E-state index contributed by atoms with van der Waals surface area (Å²) in [6, 6.07) is 0. The number of hydrogen-bond acceptors (Lipinski definition) is 3. The van der Waals surface area contributed by atoms with E-state index >= 15 is 0 Å². The molecule has 24 heavy (non-hydrogen) atoms. The lowest BCUT2D eigenvalue weighted by Crippen LogP contribution is -2.03. The summed E-state index contributed by atoms with van der Waals surface area (Å²) in [6.45, 7) is 0.291. The van der Waals surface area contributed by atoms with E-state index in [1.165, 1.54) is 0 Å². The molecule has 3 N–H and O–H groups in total. The average molecular weight is 336 g/mol. The number of allylic oxidation sites excluding steroid dienone is 7. The van der Waals surface area contributed by atoms with Gasteiger partial charge < -0.3 is 15.3 Å². The maximum absolute atomic E-state index is 10.3. The van der Waals surface area contributed by atoms with E-state index in [1.54, 1.807) is 12.2 Å². The summed E-state index contributed by atoms with van der Waals surface area (Å²) in [5.41, 5.74) is 0. The van der Waals surface area contributed by atoms with Crippen LogP contribution in [0.1, 0.15) is 57.8 Å². The van der Waals surface area contributed by atoms with Gasteiger partial charge in [0.2, 0.25) is 0 Å². The van der Waals surface area contributed by atoms with Gasteiger partial charge in [-0.2, -0.15) is 0 Å². The Labute approximate surface area is 145 Å². The number of aliphatic carboxylic acids is 1. The minimum absolute atomic E-state index is 0.0998. The highest BCUT2D eigenvalue weighted by atomic mass is 16.4. The molecule has 0 heterocycles. The van der Waals surface area contributed by atoms with Crippen molar-refractivity contribution in [3.05, 3.63) is 48.6 Å². The molecule has 4 nitrogen and oxygen atoms in total. The molecule has 0 radical (unpaired) electrons. The van der Waals surface area contributed by atoms with Crippen LogP contribution in [0, 0.1) is 0 Å². The van der Waals surface area contributed by atoms with Gasteiger partial charge in [-0.3, -0.25) is 4.79 Å². The molecule has 0 aromatic carbocycles.